The number of aliphatic imine (C=N–C) groups is 1. The number of carbonyl (C=O) groups is 2. The van der Waals surface area contributed by atoms with Crippen molar-refractivity contribution >= 4 is 39.3 Å². The standard InChI is InChI=1S/C11H10BrN5O2/c12-6-3-5-4(7-10(19)17-11(13)16-7)1-2-14-9(18)8(5)15-6/h3,15H,1-2H2,(H,14,18)(H3,13,16,17,19)/i1D2,2D2. The number of halogens is 1. The van der Waals surface area contributed by atoms with Crippen molar-refractivity contribution in [2.75, 3.05) is 6.50 Å². The van der Waals surface area contributed by atoms with Crippen molar-refractivity contribution < 1.29 is 15.1 Å². The summed E-state index contributed by atoms with van der Waals surface area (Å²) >= 11 is 3.14. The molecule has 0 fully saturated rings. The van der Waals surface area contributed by atoms with Gasteiger partial charge in [-0.1, -0.05) is 0 Å². The molecule has 1 aromatic rings. The molecule has 0 aromatic carbocycles. The number of aromatic nitrogens is 1. The summed E-state index contributed by atoms with van der Waals surface area (Å²) in [5, 5.41) is 4.19. The van der Waals surface area contributed by atoms with Crippen LogP contribution in [0.4, 0.5) is 0 Å². The number of H-pyrrole nitrogens is 1. The van der Waals surface area contributed by atoms with Crippen LogP contribution < -0.4 is 16.4 Å². The number of fused-ring (bicyclic) bond motifs is 1. The van der Waals surface area contributed by atoms with Gasteiger partial charge < -0.3 is 16.0 Å². The highest BCUT2D eigenvalue weighted by Crippen LogP contribution is 2.31. The minimum absolute atomic E-state index is 0.0318. The topological polar surface area (TPSA) is 112 Å². The van der Waals surface area contributed by atoms with Gasteiger partial charge in [0.25, 0.3) is 11.8 Å². The lowest BCUT2D eigenvalue weighted by atomic mass is 10.0. The van der Waals surface area contributed by atoms with E-state index in [0.717, 1.165) is 0 Å². The lowest BCUT2D eigenvalue weighted by Gasteiger charge is -2.04. The second-order valence-electron chi connectivity index (χ2n) is 3.78. The van der Waals surface area contributed by atoms with Gasteiger partial charge in [0.15, 0.2) is 0 Å². The van der Waals surface area contributed by atoms with Crippen LogP contribution in [0.15, 0.2) is 21.4 Å². The largest absolute Gasteiger partial charge is 0.369 e. The fourth-order valence-electron chi connectivity index (χ4n) is 1.81. The average Bonchev–Trinajstić information content (AvgIpc) is 2.91. The highest BCUT2D eigenvalue weighted by atomic mass is 79.9. The van der Waals surface area contributed by atoms with Gasteiger partial charge in [-0.25, -0.2) is 4.99 Å². The summed E-state index contributed by atoms with van der Waals surface area (Å²) < 4.78 is 32.5. The van der Waals surface area contributed by atoms with E-state index in [1.807, 2.05) is 5.32 Å². The highest BCUT2D eigenvalue weighted by Gasteiger charge is 2.28. The summed E-state index contributed by atoms with van der Waals surface area (Å²) in [5.41, 5.74) is 4.65. The van der Waals surface area contributed by atoms with Gasteiger partial charge in [-0.15, -0.1) is 0 Å². The van der Waals surface area contributed by atoms with Crippen LogP contribution in [-0.2, 0) is 4.79 Å². The molecule has 1 aromatic heterocycles. The Hall–Kier alpha value is -2.09. The summed E-state index contributed by atoms with van der Waals surface area (Å²) in [6.45, 7) is -2.77. The summed E-state index contributed by atoms with van der Waals surface area (Å²) in [6, 6.07) is 1.38. The zero-order valence-electron chi connectivity index (χ0n) is 13.3. The fourth-order valence-corrected chi connectivity index (χ4v) is 2.24. The van der Waals surface area contributed by atoms with Gasteiger partial charge in [0.2, 0.25) is 5.96 Å². The molecule has 3 heterocycles. The van der Waals surface area contributed by atoms with E-state index in [1.54, 1.807) is 0 Å². The number of hydrogen-bond acceptors (Lipinski definition) is 4. The van der Waals surface area contributed by atoms with Crippen molar-refractivity contribution in [3.05, 3.63) is 27.6 Å². The first-order chi connectivity index (χ1) is 10.5. The van der Waals surface area contributed by atoms with Crippen LogP contribution in [0.25, 0.3) is 5.57 Å². The molecule has 7 nitrogen and oxygen atoms in total. The fraction of sp³-hybridized carbons (Fsp3) is 0.182. The molecule has 2 aliphatic heterocycles. The SMILES string of the molecule is [2H]C1([2H])NC(=O)c2[nH]c(Br)cc2C(=C2N=C(N)NC2=O)C1([2H])[2H]. The van der Waals surface area contributed by atoms with Crippen LogP contribution >= 0.6 is 15.9 Å². The van der Waals surface area contributed by atoms with Gasteiger partial charge in [-0.3, -0.25) is 14.9 Å². The van der Waals surface area contributed by atoms with Gasteiger partial charge in [0.1, 0.15) is 11.4 Å². The number of nitrogens with one attached hydrogen (secondary N) is 3. The molecule has 19 heavy (non-hydrogen) atoms. The number of amides is 2. The Bertz CT molecular complexity index is 813. The lowest BCUT2D eigenvalue weighted by molar-refractivity contribution is -0.115. The maximum Gasteiger partial charge on any atom is 0.277 e. The summed E-state index contributed by atoms with van der Waals surface area (Å²) in [7, 11) is 0. The zero-order chi connectivity index (χ0) is 17.2. The van der Waals surface area contributed by atoms with Crippen molar-refractivity contribution in [2.24, 2.45) is 10.7 Å². The van der Waals surface area contributed by atoms with E-state index in [2.05, 4.69) is 31.2 Å². The molecule has 5 N–H and O–H groups in total. The molecule has 0 spiro atoms. The Morgan fingerprint density at radius 1 is 1.42 bits per heavy atom. The number of nitrogens with zero attached hydrogens (tertiary/aromatic N) is 1. The number of carbonyl (C=O) groups excluding carboxylic acids is 2. The second kappa shape index (κ2) is 4.23. The maximum atomic E-state index is 12.2. The molecule has 8 heteroatoms. The summed E-state index contributed by atoms with van der Waals surface area (Å²) in [6.07, 6.45) is -2.74. The van der Waals surface area contributed by atoms with E-state index in [1.165, 1.54) is 6.07 Å². The molecule has 0 saturated carbocycles. The van der Waals surface area contributed by atoms with Crippen molar-refractivity contribution in [3.63, 3.8) is 0 Å². The van der Waals surface area contributed by atoms with Gasteiger partial charge >= 0.3 is 0 Å². The highest BCUT2D eigenvalue weighted by molar-refractivity contribution is 9.10. The van der Waals surface area contributed by atoms with E-state index in [4.69, 9.17) is 11.2 Å². The van der Waals surface area contributed by atoms with E-state index in [-0.39, 0.29) is 28.5 Å². The van der Waals surface area contributed by atoms with Crippen LogP contribution in [-0.4, -0.2) is 29.3 Å². The minimum Gasteiger partial charge on any atom is -0.369 e. The van der Waals surface area contributed by atoms with Crippen molar-refractivity contribution in [3.8, 4) is 0 Å². The minimum atomic E-state index is -2.77. The number of aromatic amines is 1. The molecule has 0 atom stereocenters. The maximum absolute atomic E-state index is 12.2. The summed E-state index contributed by atoms with van der Waals surface area (Å²) in [5.74, 6) is -1.84. The third kappa shape index (κ3) is 1.93. The number of nitrogens with two attached hydrogens (primary N) is 1. The molecule has 98 valence electrons. The third-order valence-electron chi connectivity index (χ3n) is 2.57. The first kappa shape index (κ1) is 8.16. The van der Waals surface area contributed by atoms with Crippen LogP contribution in [0.3, 0.4) is 0 Å². The van der Waals surface area contributed by atoms with E-state index in [0.29, 0.717) is 4.60 Å². The second-order valence-corrected chi connectivity index (χ2v) is 4.64. The average molecular weight is 328 g/mol. The molecule has 0 unspecified atom stereocenters. The van der Waals surface area contributed by atoms with Crippen LogP contribution in [0.1, 0.15) is 27.9 Å². The van der Waals surface area contributed by atoms with Crippen LogP contribution in [0.2, 0.25) is 0 Å². The molecular weight excluding hydrogens is 314 g/mol. The lowest BCUT2D eigenvalue weighted by Crippen LogP contribution is -2.30. The number of rotatable bonds is 0. The first-order valence-electron chi connectivity index (χ1n) is 7.16. The molecule has 3 rings (SSSR count). The Morgan fingerprint density at radius 3 is 2.89 bits per heavy atom. The monoisotopic (exact) mass is 327 g/mol. The van der Waals surface area contributed by atoms with Crippen LogP contribution in [0.5, 0.6) is 0 Å². The predicted molar refractivity (Wildman–Crippen MR) is 72.1 cm³/mol. The molecule has 2 amide bonds. The van der Waals surface area contributed by atoms with E-state index < -0.39 is 24.7 Å². The Balaban J connectivity index is 2.41. The van der Waals surface area contributed by atoms with Crippen LogP contribution in [0, 0.1) is 0 Å². The van der Waals surface area contributed by atoms with E-state index in [9.17, 15) is 9.59 Å². The smallest absolute Gasteiger partial charge is 0.277 e. The van der Waals surface area contributed by atoms with Crippen molar-refractivity contribution in [1.29, 1.82) is 0 Å². The predicted octanol–water partition coefficient (Wildman–Crippen LogP) is 0.0663. The van der Waals surface area contributed by atoms with Crippen molar-refractivity contribution in [2.45, 2.75) is 6.37 Å². The van der Waals surface area contributed by atoms with Gasteiger partial charge in [-0.2, -0.15) is 0 Å². The molecule has 0 radical (unpaired) electrons. The normalized spacial score (nSPS) is 30.9. The number of guanidine groups is 1. The summed E-state index contributed by atoms with van der Waals surface area (Å²) in [4.78, 5) is 30.6. The first-order valence-corrected chi connectivity index (χ1v) is 5.95. The Kier molecular flexibility index (Phi) is 1.82. The van der Waals surface area contributed by atoms with Gasteiger partial charge in [0.05, 0.1) is 4.60 Å². The Labute approximate surface area is 122 Å². The van der Waals surface area contributed by atoms with Crippen molar-refractivity contribution in [1.82, 2.24) is 15.6 Å². The van der Waals surface area contributed by atoms with Gasteiger partial charge in [0, 0.05) is 17.5 Å². The van der Waals surface area contributed by atoms with E-state index >= 15 is 0 Å². The number of hydrogen-bond donors (Lipinski definition) is 4. The molecule has 2 aliphatic rings. The Morgan fingerprint density at radius 2 is 2.21 bits per heavy atom. The molecular formula is C11H10BrN5O2. The molecule has 0 aliphatic carbocycles. The molecule has 0 bridgehead atoms. The zero-order valence-corrected chi connectivity index (χ0v) is 10.9. The van der Waals surface area contributed by atoms with Gasteiger partial charge in [-0.05, 0) is 33.9 Å². The molecule has 0 saturated heterocycles. The quantitative estimate of drug-likeness (QED) is 0.505. The third-order valence-corrected chi connectivity index (χ3v) is 3.00.